The number of amides is 2. The topological polar surface area (TPSA) is 86.8 Å². The van der Waals surface area contributed by atoms with Crippen molar-refractivity contribution in [2.45, 2.75) is 50.7 Å². The van der Waals surface area contributed by atoms with Crippen LogP contribution < -0.4 is 5.32 Å². The van der Waals surface area contributed by atoms with Crippen LogP contribution in [0.15, 0.2) is 17.0 Å². The number of halogens is 3. The predicted octanol–water partition coefficient (Wildman–Crippen LogP) is 1.90. The molecule has 2 atom stereocenters. The van der Waals surface area contributed by atoms with Gasteiger partial charge in [0.25, 0.3) is 0 Å². The van der Waals surface area contributed by atoms with Crippen LogP contribution in [0.25, 0.3) is 0 Å². The van der Waals surface area contributed by atoms with E-state index in [1.165, 1.54) is 9.21 Å². The Hall–Kier alpha value is -2.14. The highest BCUT2D eigenvalue weighted by Gasteiger charge is 2.47. The average molecular weight is 462 g/mol. The van der Waals surface area contributed by atoms with Gasteiger partial charge in [-0.25, -0.2) is 8.42 Å². The summed E-state index contributed by atoms with van der Waals surface area (Å²) in [7, 11) is -3.76. The van der Waals surface area contributed by atoms with E-state index in [0.29, 0.717) is 11.1 Å². The number of hydrogen-bond donors (Lipinski definition) is 1. The van der Waals surface area contributed by atoms with Crippen LogP contribution in [0, 0.1) is 26.7 Å². The summed E-state index contributed by atoms with van der Waals surface area (Å²) in [5.74, 6) is -2.67. The number of piperazine rings is 1. The number of nitrogens with one attached hydrogen (secondary N) is 1. The quantitative estimate of drug-likeness (QED) is 0.697. The van der Waals surface area contributed by atoms with Crippen LogP contribution in [0.5, 0.6) is 0 Å². The smallest absolute Gasteiger partial charge is 0.344 e. The van der Waals surface area contributed by atoms with Crippen molar-refractivity contribution in [1.29, 1.82) is 0 Å². The van der Waals surface area contributed by atoms with Crippen molar-refractivity contribution >= 4 is 21.8 Å². The molecule has 0 radical (unpaired) electrons. The Labute approximate surface area is 179 Å². The molecule has 0 saturated carbocycles. The van der Waals surface area contributed by atoms with Gasteiger partial charge in [-0.05, 0) is 44.7 Å². The third kappa shape index (κ3) is 4.72. The summed E-state index contributed by atoms with van der Waals surface area (Å²) >= 11 is 0. The number of hydrogen-bond acceptors (Lipinski definition) is 4. The maximum absolute atomic E-state index is 13.2. The first-order valence-electron chi connectivity index (χ1n) is 10.1. The number of rotatable bonds is 3. The van der Waals surface area contributed by atoms with Crippen molar-refractivity contribution in [1.82, 2.24) is 14.5 Å². The number of aryl methyl sites for hydroxylation is 3. The molecule has 1 N–H and O–H groups in total. The van der Waals surface area contributed by atoms with Gasteiger partial charge in [0.15, 0.2) is 0 Å². The van der Waals surface area contributed by atoms with Gasteiger partial charge in [-0.3, -0.25) is 9.59 Å². The van der Waals surface area contributed by atoms with Gasteiger partial charge in [-0.15, -0.1) is 0 Å². The molecular formula is C20H26F3N3O4S. The summed E-state index contributed by atoms with van der Waals surface area (Å²) in [6, 6.07) is 1.66. The number of carbonyl (C=O) groups is 2. The zero-order chi connectivity index (χ0) is 23.1. The van der Waals surface area contributed by atoms with Crippen molar-refractivity contribution in [3.05, 3.63) is 28.8 Å². The first kappa shape index (κ1) is 23.5. The Morgan fingerprint density at radius 1 is 1.03 bits per heavy atom. The van der Waals surface area contributed by atoms with E-state index in [9.17, 15) is 31.2 Å². The van der Waals surface area contributed by atoms with E-state index < -0.39 is 40.0 Å². The molecule has 1 aromatic rings. The van der Waals surface area contributed by atoms with Crippen LogP contribution in [-0.4, -0.2) is 67.8 Å². The molecule has 7 nitrogen and oxygen atoms in total. The number of piperidine rings is 1. The molecule has 0 spiro atoms. The van der Waals surface area contributed by atoms with Gasteiger partial charge in [0, 0.05) is 26.2 Å². The summed E-state index contributed by atoms with van der Waals surface area (Å²) in [5, 5.41) is 1.88. The minimum atomic E-state index is -4.55. The lowest BCUT2D eigenvalue weighted by atomic mass is 9.92. The number of carbonyl (C=O) groups excluding carboxylic acids is 2. The van der Waals surface area contributed by atoms with E-state index in [1.807, 2.05) is 12.2 Å². The number of benzene rings is 1. The van der Waals surface area contributed by atoms with E-state index in [0.717, 1.165) is 5.56 Å². The maximum atomic E-state index is 13.2. The second-order valence-corrected chi connectivity index (χ2v) is 10.1. The summed E-state index contributed by atoms with van der Waals surface area (Å²) in [6.07, 6.45) is -5.09. The molecule has 31 heavy (non-hydrogen) atoms. The molecule has 2 saturated heterocycles. The van der Waals surface area contributed by atoms with Crippen molar-refractivity contribution in [3.8, 4) is 0 Å². The molecule has 2 aliphatic rings. The third-order valence-corrected chi connectivity index (χ3v) is 8.03. The van der Waals surface area contributed by atoms with Crippen LogP contribution in [-0.2, 0) is 19.6 Å². The van der Waals surface area contributed by atoms with Crippen molar-refractivity contribution < 1.29 is 31.2 Å². The van der Waals surface area contributed by atoms with E-state index in [-0.39, 0.29) is 43.9 Å². The minimum absolute atomic E-state index is 0.0559. The molecule has 2 heterocycles. The first-order chi connectivity index (χ1) is 14.3. The van der Waals surface area contributed by atoms with Crippen molar-refractivity contribution in [3.63, 3.8) is 0 Å². The van der Waals surface area contributed by atoms with E-state index in [2.05, 4.69) is 0 Å². The van der Waals surface area contributed by atoms with E-state index in [4.69, 9.17) is 0 Å². The highest BCUT2D eigenvalue weighted by molar-refractivity contribution is 7.89. The molecule has 1 aromatic carbocycles. The normalized spacial score (nSPS) is 23.5. The number of nitrogens with zero attached hydrogens (tertiary/aromatic N) is 2. The van der Waals surface area contributed by atoms with Crippen LogP contribution in [0.4, 0.5) is 13.2 Å². The molecule has 0 aliphatic carbocycles. The molecule has 0 aromatic heterocycles. The second kappa shape index (κ2) is 8.42. The lowest BCUT2D eigenvalue weighted by molar-refractivity contribution is -0.172. The van der Waals surface area contributed by atoms with Crippen molar-refractivity contribution in [2.75, 3.05) is 26.2 Å². The molecule has 3 rings (SSSR count). The standard InChI is InChI=1S/C20H26F3N3O4S/c1-12-10-13(2)17(14(3)11-12)31(29,30)26-8-6-25(7-9-26)19(28)15-4-5-16(20(21,22)23)24-18(15)27/h10-11,15-16H,4-9H2,1-3H3,(H,24,27)/t15-,16-/m1/s1. The van der Waals surface area contributed by atoms with Crippen molar-refractivity contribution in [2.24, 2.45) is 5.92 Å². The third-order valence-electron chi connectivity index (χ3n) is 5.82. The first-order valence-corrected chi connectivity index (χ1v) is 11.5. The summed E-state index contributed by atoms with van der Waals surface area (Å²) in [6.45, 7) is 5.63. The Morgan fingerprint density at radius 3 is 2.06 bits per heavy atom. The fourth-order valence-electron chi connectivity index (χ4n) is 4.36. The molecular weight excluding hydrogens is 435 g/mol. The molecule has 11 heteroatoms. The second-order valence-electron chi connectivity index (χ2n) is 8.19. The summed E-state index contributed by atoms with van der Waals surface area (Å²) in [5.41, 5.74) is 2.26. The number of alkyl halides is 3. The monoisotopic (exact) mass is 461 g/mol. The molecule has 2 fully saturated rings. The fourth-order valence-corrected chi connectivity index (χ4v) is 6.20. The van der Waals surface area contributed by atoms with E-state index >= 15 is 0 Å². The molecule has 0 unspecified atom stereocenters. The van der Waals surface area contributed by atoms with Gasteiger partial charge >= 0.3 is 6.18 Å². The summed E-state index contributed by atoms with van der Waals surface area (Å²) < 4.78 is 66.0. The highest BCUT2D eigenvalue weighted by Crippen LogP contribution is 2.30. The van der Waals surface area contributed by atoms with Gasteiger partial charge in [-0.1, -0.05) is 17.7 Å². The van der Waals surface area contributed by atoms with E-state index in [1.54, 1.807) is 26.0 Å². The van der Waals surface area contributed by atoms with Crippen LogP contribution in [0.3, 0.4) is 0 Å². The Morgan fingerprint density at radius 2 is 1.58 bits per heavy atom. The van der Waals surface area contributed by atoms with Crippen LogP contribution in [0.2, 0.25) is 0 Å². The fraction of sp³-hybridized carbons (Fsp3) is 0.600. The molecule has 2 amide bonds. The van der Waals surface area contributed by atoms with Crippen LogP contribution in [0.1, 0.15) is 29.5 Å². The zero-order valence-electron chi connectivity index (χ0n) is 17.6. The predicted molar refractivity (Wildman–Crippen MR) is 107 cm³/mol. The Bertz CT molecular complexity index is 963. The number of sulfonamides is 1. The van der Waals surface area contributed by atoms with Gasteiger partial charge in [-0.2, -0.15) is 17.5 Å². The molecule has 2 aliphatic heterocycles. The van der Waals surface area contributed by atoms with Gasteiger partial charge in [0.2, 0.25) is 21.8 Å². The SMILES string of the molecule is Cc1cc(C)c(S(=O)(=O)N2CCN(C(=O)[C@@H]3CC[C@H](C(F)(F)F)NC3=O)CC2)c(C)c1. The highest BCUT2D eigenvalue weighted by atomic mass is 32.2. The largest absolute Gasteiger partial charge is 0.408 e. The van der Waals surface area contributed by atoms with Crippen LogP contribution >= 0.6 is 0 Å². The average Bonchev–Trinajstić information content (AvgIpc) is 2.65. The van der Waals surface area contributed by atoms with Gasteiger partial charge < -0.3 is 10.2 Å². The molecule has 172 valence electrons. The zero-order valence-corrected chi connectivity index (χ0v) is 18.4. The maximum Gasteiger partial charge on any atom is 0.408 e. The van der Waals surface area contributed by atoms with Gasteiger partial charge in [0.1, 0.15) is 12.0 Å². The lowest BCUT2D eigenvalue weighted by Crippen LogP contribution is -2.57. The molecule has 0 bridgehead atoms. The lowest BCUT2D eigenvalue weighted by Gasteiger charge is -2.37. The van der Waals surface area contributed by atoms with Gasteiger partial charge in [0.05, 0.1) is 4.90 Å². The Balaban J connectivity index is 1.66. The minimum Gasteiger partial charge on any atom is -0.344 e. The Kier molecular flexibility index (Phi) is 6.39. The summed E-state index contributed by atoms with van der Waals surface area (Å²) in [4.78, 5) is 26.4.